The Hall–Kier alpha value is -1.95. The molecule has 2 rings (SSSR count). The fourth-order valence-corrected chi connectivity index (χ4v) is 5.13. The second-order valence-electron chi connectivity index (χ2n) is 7.57. The molecule has 0 radical (unpaired) electrons. The second kappa shape index (κ2) is 11.6. The van der Waals surface area contributed by atoms with E-state index >= 15 is 0 Å². The predicted octanol–water partition coefficient (Wildman–Crippen LogP) is 1.84. The van der Waals surface area contributed by atoms with Gasteiger partial charge in [0.1, 0.15) is 16.8 Å². The lowest BCUT2D eigenvalue weighted by Gasteiger charge is -2.26. The van der Waals surface area contributed by atoms with Crippen molar-refractivity contribution >= 4 is 33.6 Å². The number of rotatable bonds is 10. The number of halogens is 2. The highest BCUT2D eigenvalue weighted by Gasteiger charge is 2.26. The van der Waals surface area contributed by atoms with Crippen molar-refractivity contribution in [2.24, 2.45) is 5.92 Å². The van der Waals surface area contributed by atoms with Gasteiger partial charge in [0.2, 0.25) is 15.9 Å². The lowest BCUT2D eigenvalue weighted by Crippen LogP contribution is -2.50. The van der Waals surface area contributed by atoms with Crippen LogP contribution in [-0.2, 0) is 14.8 Å². The van der Waals surface area contributed by atoms with E-state index in [4.69, 9.17) is 16.7 Å². The Labute approximate surface area is 185 Å². The molecule has 0 saturated heterocycles. The topological polar surface area (TPSA) is 145 Å². The molecule has 0 bridgehead atoms. The van der Waals surface area contributed by atoms with Crippen LogP contribution >= 0.6 is 11.6 Å². The van der Waals surface area contributed by atoms with E-state index in [1.165, 1.54) is 0 Å². The van der Waals surface area contributed by atoms with Gasteiger partial charge in [0, 0.05) is 13.1 Å². The maximum Gasteiger partial charge on any atom is 0.405 e. The molecule has 0 unspecified atom stereocenters. The van der Waals surface area contributed by atoms with Crippen LogP contribution in [0, 0.1) is 11.7 Å². The first-order valence-corrected chi connectivity index (χ1v) is 11.8. The van der Waals surface area contributed by atoms with Crippen LogP contribution in [0.15, 0.2) is 23.1 Å². The number of carboxylic acid groups (broad SMARTS) is 1. The molecule has 1 aromatic rings. The van der Waals surface area contributed by atoms with Crippen LogP contribution in [0.1, 0.15) is 38.5 Å². The summed E-state index contributed by atoms with van der Waals surface area (Å²) in [4.78, 5) is 23.1. The minimum atomic E-state index is -4.10. The molecule has 1 aliphatic rings. The third-order valence-corrected chi connectivity index (χ3v) is 7.02. The number of aliphatic hydroxyl groups excluding tert-OH is 1. The monoisotopic (exact) mass is 479 g/mol. The van der Waals surface area contributed by atoms with Crippen LogP contribution in [0.5, 0.6) is 0 Å². The van der Waals surface area contributed by atoms with Gasteiger partial charge in [-0.1, -0.05) is 43.7 Å². The summed E-state index contributed by atoms with van der Waals surface area (Å²) in [6.07, 6.45) is 2.85. The predicted molar refractivity (Wildman–Crippen MR) is 112 cm³/mol. The lowest BCUT2D eigenvalue weighted by atomic mass is 9.84. The van der Waals surface area contributed by atoms with E-state index in [1.807, 2.05) is 0 Å². The van der Waals surface area contributed by atoms with Crippen molar-refractivity contribution in [3.05, 3.63) is 29.0 Å². The smallest absolute Gasteiger partial charge is 0.405 e. The van der Waals surface area contributed by atoms with Gasteiger partial charge in [-0.25, -0.2) is 22.3 Å². The fourth-order valence-electron chi connectivity index (χ4n) is 3.53. The van der Waals surface area contributed by atoms with E-state index < -0.39 is 46.5 Å². The molecule has 12 heteroatoms. The van der Waals surface area contributed by atoms with Crippen molar-refractivity contribution in [2.45, 2.75) is 55.6 Å². The highest BCUT2D eigenvalue weighted by molar-refractivity contribution is 7.89. The molecule has 1 aliphatic carbocycles. The number of carbonyl (C=O) groups is 2. The minimum absolute atomic E-state index is 0.244. The summed E-state index contributed by atoms with van der Waals surface area (Å²) in [5.74, 6) is -1.03. The zero-order chi connectivity index (χ0) is 23.0. The average molecular weight is 480 g/mol. The number of amides is 2. The molecule has 9 nitrogen and oxygen atoms in total. The van der Waals surface area contributed by atoms with Crippen molar-refractivity contribution in [1.82, 2.24) is 15.4 Å². The molecule has 1 aromatic carbocycles. The van der Waals surface area contributed by atoms with Crippen LogP contribution in [0.25, 0.3) is 0 Å². The number of benzene rings is 1. The maximum atomic E-state index is 13.1. The standard InChI is InChI=1S/C19H27ClFN3O6S/c20-15-9-13(21)6-7-17(15)31(29,30)23-11-14(25)10-22-18(26)16(24-19(27)28)8-12-4-2-1-3-5-12/h6-7,9,12,14,16,23-25H,1-5,8,10-11H2,(H,22,26)(H,27,28)/t14-,16+/m1/s1. The zero-order valence-corrected chi connectivity index (χ0v) is 18.4. The molecule has 0 heterocycles. The minimum Gasteiger partial charge on any atom is -0.465 e. The van der Waals surface area contributed by atoms with Crippen LogP contribution < -0.4 is 15.4 Å². The molecular weight excluding hydrogens is 453 g/mol. The molecule has 2 amide bonds. The first-order valence-electron chi connectivity index (χ1n) is 9.98. The van der Waals surface area contributed by atoms with E-state index in [1.54, 1.807) is 0 Å². The van der Waals surface area contributed by atoms with Gasteiger partial charge in [-0.15, -0.1) is 0 Å². The number of hydrogen-bond acceptors (Lipinski definition) is 5. The van der Waals surface area contributed by atoms with Gasteiger partial charge in [-0.05, 0) is 30.5 Å². The number of sulfonamides is 1. The largest absolute Gasteiger partial charge is 0.465 e. The quantitative estimate of drug-likeness (QED) is 0.346. The van der Waals surface area contributed by atoms with Crippen LogP contribution in [-0.4, -0.2) is 55.9 Å². The average Bonchev–Trinajstić information content (AvgIpc) is 2.70. The van der Waals surface area contributed by atoms with Crippen molar-refractivity contribution in [3.8, 4) is 0 Å². The molecule has 5 N–H and O–H groups in total. The molecule has 0 aliphatic heterocycles. The van der Waals surface area contributed by atoms with Crippen molar-refractivity contribution in [2.75, 3.05) is 13.1 Å². The van der Waals surface area contributed by atoms with E-state index in [0.717, 1.165) is 50.3 Å². The fraction of sp³-hybridized carbons (Fsp3) is 0.579. The third kappa shape index (κ3) is 8.24. The van der Waals surface area contributed by atoms with Crippen LogP contribution in [0.3, 0.4) is 0 Å². The zero-order valence-electron chi connectivity index (χ0n) is 16.8. The number of hydrogen-bond donors (Lipinski definition) is 5. The highest BCUT2D eigenvalue weighted by atomic mass is 35.5. The number of nitrogens with one attached hydrogen (secondary N) is 3. The van der Waals surface area contributed by atoms with E-state index in [0.29, 0.717) is 6.42 Å². The summed E-state index contributed by atoms with van der Waals surface area (Å²) >= 11 is 5.75. The Balaban J connectivity index is 1.86. The first kappa shape index (κ1) is 25.3. The van der Waals surface area contributed by atoms with E-state index in [9.17, 15) is 27.5 Å². The Morgan fingerprint density at radius 1 is 1.19 bits per heavy atom. The maximum absolute atomic E-state index is 13.1. The van der Waals surface area contributed by atoms with Gasteiger partial charge in [0.05, 0.1) is 11.1 Å². The van der Waals surface area contributed by atoms with Crippen molar-refractivity contribution in [3.63, 3.8) is 0 Å². The van der Waals surface area contributed by atoms with Crippen molar-refractivity contribution in [1.29, 1.82) is 0 Å². The molecule has 2 atom stereocenters. The van der Waals surface area contributed by atoms with Gasteiger partial charge in [-0.3, -0.25) is 4.79 Å². The molecule has 0 spiro atoms. The van der Waals surface area contributed by atoms with Crippen molar-refractivity contribution < 1.29 is 32.6 Å². The Kier molecular flexibility index (Phi) is 9.48. The summed E-state index contributed by atoms with van der Waals surface area (Å²) in [7, 11) is -4.10. The molecular formula is C19H27ClFN3O6S. The van der Waals surface area contributed by atoms with Gasteiger partial charge in [0.15, 0.2) is 0 Å². The SMILES string of the molecule is O=C(O)N[C@@H](CC1CCCCC1)C(=O)NC[C@@H](O)CNS(=O)(=O)c1ccc(F)cc1Cl. The van der Waals surface area contributed by atoms with Gasteiger partial charge >= 0.3 is 6.09 Å². The molecule has 1 fully saturated rings. The summed E-state index contributed by atoms with van der Waals surface area (Å²) in [5.41, 5.74) is 0. The Morgan fingerprint density at radius 2 is 1.87 bits per heavy atom. The third-order valence-electron chi connectivity index (χ3n) is 5.11. The molecule has 174 valence electrons. The van der Waals surface area contributed by atoms with E-state index in [2.05, 4.69) is 15.4 Å². The molecule has 31 heavy (non-hydrogen) atoms. The summed E-state index contributed by atoms with van der Waals surface area (Å²) in [5, 5.41) is 23.4. The Bertz CT molecular complexity index is 879. The first-order chi connectivity index (χ1) is 14.6. The normalized spacial score (nSPS) is 17.0. The molecule has 0 aromatic heterocycles. The van der Waals surface area contributed by atoms with E-state index in [-0.39, 0.29) is 22.4 Å². The number of carbonyl (C=O) groups excluding carboxylic acids is 1. The van der Waals surface area contributed by atoms with Crippen LogP contribution in [0.4, 0.5) is 9.18 Å². The van der Waals surface area contributed by atoms with Crippen LogP contribution in [0.2, 0.25) is 5.02 Å². The molecule has 1 saturated carbocycles. The Morgan fingerprint density at radius 3 is 2.48 bits per heavy atom. The lowest BCUT2D eigenvalue weighted by molar-refractivity contribution is -0.124. The number of aliphatic hydroxyl groups is 1. The second-order valence-corrected chi connectivity index (χ2v) is 9.71. The summed E-state index contributed by atoms with van der Waals surface area (Å²) < 4.78 is 39.8. The summed E-state index contributed by atoms with van der Waals surface area (Å²) in [6.45, 7) is -0.725. The van der Waals surface area contributed by atoms with Gasteiger partial charge in [-0.2, -0.15) is 0 Å². The highest BCUT2D eigenvalue weighted by Crippen LogP contribution is 2.27. The van der Waals surface area contributed by atoms with Gasteiger partial charge < -0.3 is 20.8 Å². The van der Waals surface area contributed by atoms with Gasteiger partial charge in [0.25, 0.3) is 0 Å². The summed E-state index contributed by atoms with van der Waals surface area (Å²) in [6, 6.07) is 1.84.